The first-order chi connectivity index (χ1) is 10.4. The van der Waals surface area contributed by atoms with E-state index in [0.717, 1.165) is 18.4 Å². The van der Waals surface area contributed by atoms with Gasteiger partial charge in [-0.1, -0.05) is 29.4 Å². The maximum atomic E-state index is 12.4. The summed E-state index contributed by atoms with van der Waals surface area (Å²) >= 11 is 0. The van der Waals surface area contributed by atoms with Crippen LogP contribution in [0.15, 0.2) is 28.8 Å². The Morgan fingerprint density at radius 2 is 1.95 bits per heavy atom. The van der Waals surface area contributed by atoms with Crippen molar-refractivity contribution in [1.82, 2.24) is 15.5 Å². The van der Waals surface area contributed by atoms with Crippen LogP contribution in [0.4, 0.5) is 13.2 Å². The van der Waals surface area contributed by atoms with E-state index in [9.17, 15) is 18.0 Å². The van der Waals surface area contributed by atoms with Crippen molar-refractivity contribution in [2.24, 2.45) is 5.92 Å². The number of amides is 1. The Labute approximate surface area is 123 Å². The van der Waals surface area contributed by atoms with Crippen LogP contribution in [0.25, 0.3) is 11.4 Å². The van der Waals surface area contributed by atoms with Crippen LogP contribution in [-0.2, 0) is 17.5 Å². The molecule has 1 saturated carbocycles. The van der Waals surface area contributed by atoms with E-state index < -0.39 is 12.1 Å². The lowest BCUT2D eigenvalue weighted by molar-refractivity contribution is -0.159. The second kappa shape index (κ2) is 5.43. The largest absolute Gasteiger partial charge is 0.471 e. The first-order valence-corrected chi connectivity index (χ1v) is 6.71. The van der Waals surface area contributed by atoms with Gasteiger partial charge in [-0.05, 0) is 18.4 Å². The molecule has 116 valence electrons. The molecule has 1 heterocycles. The van der Waals surface area contributed by atoms with Crippen molar-refractivity contribution < 1.29 is 22.5 Å². The normalized spacial score (nSPS) is 14.9. The van der Waals surface area contributed by atoms with Gasteiger partial charge in [-0.25, -0.2) is 0 Å². The Morgan fingerprint density at radius 1 is 1.27 bits per heavy atom. The highest BCUT2D eigenvalue weighted by molar-refractivity contribution is 5.80. The predicted octanol–water partition coefficient (Wildman–Crippen LogP) is 2.78. The summed E-state index contributed by atoms with van der Waals surface area (Å²) in [5.74, 6) is -1.32. The fourth-order valence-corrected chi connectivity index (χ4v) is 1.91. The van der Waals surface area contributed by atoms with Crippen LogP contribution in [0.1, 0.15) is 24.3 Å². The van der Waals surface area contributed by atoms with E-state index >= 15 is 0 Å². The topological polar surface area (TPSA) is 68.0 Å². The lowest BCUT2D eigenvalue weighted by Crippen LogP contribution is -2.24. The molecule has 22 heavy (non-hydrogen) atoms. The summed E-state index contributed by atoms with van der Waals surface area (Å²) in [6.07, 6.45) is -2.79. The zero-order valence-electron chi connectivity index (χ0n) is 11.4. The van der Waals surface area contributed by atoms with Crippen LogP contribution in [0, 0.1) is 5.92 Å². The second-order valence-corrected chi connectivity index (χ2v) is 5.11. The Balaban J connectivity index is 1.65. The molecule has 0 saturated heterocycles. The SMILES string of the molecule is O=C(NCc1ccc(-c2noc(C(F)(F)F)n2)cc1)C1CC1. The van der Waals surface area contributed by atoms with E-state index in [1.807, 2.05) is 0 Å². The number of benzene rings is 1. The van der Waals surface area contributed by atoms with Gasteiger partial charge in [0.05, 0.1) is 0 Å². The number of halogens is 3. The molecule has 1 aliphatic rings. The molecule has 1 N–H and O–H groups in total. The van der Waals surface area contributed by atoms with Crippen molar-refractivity contribution in [2.75, 3.05) is 0 Å². The highest BCUT2D eigenvalue weighted by Crippen LogP contribution is 2.30. The first kappa shape index (κ1) is 14.6. The van der Waals surface area contributed by atoms with Crippen molar-refractivity contribution in [2.45, 2.75) is 25.6 Å². The molecule has 1 fully saturated rings. The van der Waals surface area contributed by atoms with Crippen molar-refractivity contribution in [3.8, 4) is 11.4 Å². The molecule has 3 rings (SSSR count). The summed E-state index contributed by atoms with van der Waals surface area (Å²) in [6, 6.07) is 6.57. The molecule has 0 bridgehead atoms. The van der Waals surface area contributed by atoms with Gasteiger partial charge < -0.3 is 9.84 Å². The number of nitrogens with one attached hydrogen (secondary N) is 1. The van der Waals surface area contributed by atoms with Gasteiger partial charge in [-0.15, -0.1) is 0 Å². The lowest BCUT2D eigenvalue weighted by Gasteiger charge is -2.04. The van der Waals surface area contributed by atoms with Gasteiger partial charge in [-0.2, -0.15) is 18.2 Å². The van der Waals surface area contributed by atoms with E-state index in [2.05, 4.69) is 20.0 Å². The molecule has 1 aromatic heterocycles. The molecule has 8 heteroatoms. The number of nitrogens with zero attached hydrogens (tertiary/aromatic N) is 2. The molecule has 1 aromatic carbocycles. The standard InChI is InChI=1S/C14H12F3N3O2/c15-14(16,17)13-19-11(20-22-13)9-3-1-8(2-4-9)7-18-12(21)10-5-6-10/h1-4,10H,5-7H2,(H,18,21). The Hall–Kier alpha value is -2.38. The van der Waals surface area contributed by atoms with E-state index in [1.165, 1.54) is 0 Å². The van der Waals surface area contributed by atoms with E-state index in [1.54, 1.807) is 24.3 Å². The third kappa shape index (κ3) is 3.26. The maximum absolute atomic E-state index is 12.4. The zero-order valence-corrected chi connectivity index (χ0v) is 11.4. The minimum Gasteiger partial charge on any atom is -0.352 e. The van der Waals surface area contributed by atoms with Gasteiger partial charge in [-0.3, -0.25) is 4.79 Å². The van der Waals surface area contributed by atoms with Gasteiger partial charge in [0, 0.05) is 18.0 Å². The number of aromatic nitrogens is 2. The third-order valence-electron chi connectivity index (χ3n) is 3.30. The van der Waals surface area contributed by atoms with Gasteiger partial charge >= 0.3 is 12.1 Å². The summed E-state index contributed by atoms with van der Waals surface area (Å²) in [5.41, 5.74) is 1.26. The number of carbonyl (C=O) groups excluding carboxylic acids is 1. The molecule has 0 aliphatic heterocycles. The Bertz CT molecular complexity index is 675. The average Bonchev–Trinajstić information content (AvgIpc) is 3.21. The monoisotopic (exact) mass is 311 g/mol. The smallest absolute Gasteiger partial charge is 0.352 e. The summed E-state index contributed by atoms with van der Waals surface area (Å²) in [4.78, 5) is 14.8. The van der Waals surface area contributed by atoms with Crippen molar-refractivity contribution in [3.05, 3.63) is 35.7 Å². The fourth-order valence-electron chi connectivity index (χ4n) is 1.91. The van der Waals surface area contributed by atoms with Crippen LogP contribution in [-0.4, -0.2) is 16.0 Å². The maximum Gasteiger partial charge on any atom is 0.471 e. The molecule has 0 unspecified atom stereocenters. The fraction of sp³-hybridized carbons (Fsp3) is 0.357. The zero-order chi connectivity index (χ0) is 15.7. The van der Waals surface area contributed by atoms with Gasteiger partial charge in [0.1, 0.15) is 0 Å². The minimum atomic E-state index is -4.65. The molecule has 0 radical (unpaired) electrons. The Morgan fingerprint density at radius 3 is 2.50 bits per heavy atom. The lowest BCUT2D eigenvalue weighted by atomic mass is 10.1. The van der Waals surface area contributed by atoms with Crippen LogP contribution in [0.2, 0.25) is 0 Å². The number of rotatable bonds is 4. The predicted molar refractivity (Wildman–Crippen MR) is 69.3 cm³/mol. The average molecular weight is 311 g/mol. The highest BCUT2D eigenvalue weighted by Gasteiger charge is 2.38. The van der Waals surface area contributed by atoms with Gasteiger partial charge in [0.2, 0.25) is 11.7 Å². The van der Waals surface area contributed by atoms with E-state index in [4.69, 9.17) is 0 Å². The van der Waals surface area contributed by atoms with Crippen molar-refractivity contribution in [3.63, 3.8) is 0 Å². The third-order valence-corrected chi connectivity index (χ3v) is 3.30. The van der Waals surface area contributed by atoms with Gasteiger partial charge in [0.25, 0.3) is 0 Å². The Kier molecular flexibility index (Phi) is 3.59. The summed E-state index contributed by atoms with van der Waals surface area (Å²) < 4.78 is 41.4. The molecular formula is C14H12F3N3O2. The molecule has 0 spiro atoms. The van der Waals surface area contributed by atoms with Crippen LogP contribution >= 0.6 is 0 Å². The number of carbonyl (C=O) groups is 1. The summed E-state index contributed by atoms with van der Waals surface area (Å²) in [7, 11) is 0. The van der Waals surface area contributed by atoms with Crippen molar-refractivity contribution in [1.29, 1.82) is 0 Å². The quantitative estimate of drug-likeness (QED) is 0.943. The molecule has 1 aliphatic carbocycles. The molecule has 0 atom stereocenters. The summed E-state index contributed by atoms with van der Waals surface area (Å²) in [6.45, 7) is 0.385. The van der Waals surface area contributed by atoms with Crippen LogP contribution in [0.5, 0.6) is 0 Å². The second-order valence-electron chi connectivity index (χ2n) is 5.11. The number of hydrogen-bond donors (Lipinski definition) is 1. The minimum absolute atomic E-state index is 0.0389. The summed E-state index contributed by atoms with van der Waals surface area (Å²) in [5, 5.41) is 6.12. The molecular weight excluding hydrogens is 299 g/mol. The highest BCUT2D eigenvalue weighted by atomic mass is 19.4. The van der Waals surface area contributed by atoms with E-state index in [0.29, 0.717) is 12.1 Å². The first-order valence-electron chi connectivity index (χ1n) is 6.71. The number of hydrogen-bond acceptors (Lipinski definition) is 4. The number of alkyl halides is 3. The van der Waals surface area contributed by atoms with Gasteiger partial charge in [0.15, 0.2) is 0 Å². The van der Waals surface area contributed by atoms with Crippen LogP contribution in [0.3, 0.4) is 0 Å². The van der Waals surface area contributed by atoms with E-state index in [-0.39, 0.29) is 17.6 Å². The molecule has 2 aromatic rings. The molecule has 5 nitrogen and oxygen atoms in total. The van der Waals surface area contributed by atoms with Crippen LogP contribution < -0.4 is 5.32 Å². The van der Waals surface area contributed by atoms with Crippen molar-refractivity contribution >= 4 is 5.91 Å². The molecule has 1 amide bonds.